The maximum atomic E-state index is 12.6. The number of nitro groups is 1. The molecule has 10 nitrogen and oxygen atoms in total. The summed E-state index contributed by atoms with van der Waals surface area (Å²) in [6.07, 6.45) is 0. The second-order valence-electron chi connectivity index (χ2n) is 6.63. The average molecular weight is 446 g/mol. The number of anilines is 1. The van der Waals surface area contributed by atoms with Crippen molar-refractivity contribution < 1.29 is 9.72 Å². The molecule has 1 aliphatic rings. The monoisotopic (exact) mass is 445 g/mol. The van der Waals surface area contributed by atoms with Crippen molar-refractivity contribution in [2.45, 2.75) is 11.7 Å². The van der Waals surface area contributed by atoms with Crippen molar-refractivity contribution in [1.82, 2.24) is 25.1 Å². The smallest absolute Gasteiger partial charge is 0.269 e. The van der Waals surface area contributed by atoms with Crippen molar-refractivity contribution in [3.05, 3.63) is 56.8 Å². The lowest BCUT2D eigenvalue weighted by molar-refractivity contribution is -0.384. The van der Waals surface area contributed by atoms with E-state index in [4.69, 9.17) is 0 Å². The van der Waals surface area contributed by atoms with Gasteiger partial charge in [0.25, 0.3) is 5.69 Å². The van der Waals surface area contributed by atoms with E-state index in [-0.39, 0.29) is 17.3 Å². The molecule has 1 saturated heterocycles. The first-order valence-corrected chi connectivity index (χ1v) is 11.2. The van der Waals surface area contributed by atoms with E-state index in [0.29, 0.717) is 37.9 Å². The van der Waals surface area contributed by atoms with E-state index >= 15 is 0 Å². The molecule has 1 aliphatic heterocycles. The van der Waals surface area contributed by atoms with Crippen LogP contribution in [-0.4, -0.2) is 67.9 Å². The maximum Gasteiger partial charge on any atom is 0.269 e. The summed E-state index contributed by atoms with van der Waals surface area (Å²) in [6, 6.07) is 10.5. The molecule has 0 bridgehead atoms. The second kappa shape index (κ2) is 9.22. The molecule has 0 aliphatic carbocycles. The molecule has 156 valence electrons. The molecule has 0 unspecified atom stereocenters. The minimum atomic E-state index is -0.408. The van der Waals surface area contributed by atoms with Gasteiger partial charge < -0.3 is 9.80 Å². The fourth-order valence-electron chi connectivity index (χ4n) is 3.17. The van der Waals surface area contributed by atoms with Gasteiger partial charge in [-0.05, 0) is 34.0 Å². The molecule has 2 aromatic heterocycles. The Labute approximate surface area is 180 Å². The Hall–Kier alpha value is -2.99. The fourth-order valence-corrected chi connectivity index (χ4v) is 4.63. The lowest BCUT2D eigenvalue weighted by Crippen LogP contribution is -2.49. The van der Waals surface area contributed by atoms with Crippen LogP contribution in [0.5, 0.6) is 0 Å². The Kier molecular flexibility index (Phi) is 6.23. The third-order valence-corrected chi connectivity index (χ3v) is 6.57. The number of aromatic nitrogens is 4. The van der Waals surface area contributed by atoms with Gasteiger partial charge in [0.15, 0.2) is 0 Å². The largest absolute Gasteiger partial charge is 0.368 e. The molecule has 30 heavy (non-hydrogen) atoms. The minimum absolute atomic E-state index is 0.0500. The third kappa shape index (κ3) is 4.76. The molecule has 0 radical (unpaired) electrons. The van der Waals surface area contributed by atoms with Crippen molar-refractivity contribution in [3.8, 4) is 0 Å². The molecule has 4 rings (SSSR count). The average Bonchev–Trinajstić information content (AvgIpc) is 3.45. The molecule has 3 aromatic rings. The molecule has 1 aromatic carbocycles. The van der Waals surface area contributed by atoms with E-state index in [9.17, 15) is 14.9 Å². The summed E-state index contributed by atoms with van der Waals surface area (Å²) in [7, 11) is 0. The second-order valence-corrected chi connectivity index (χ2v) is 8.60. The van der Waals surface area contributed by atoms with Crippen LogP contribution in [-0.2, 0) is 11.3 Å². The summed E-state index contributed by atoms with van der Waals surface area (Å²) >= 11 is 2.98. The highest BCUT2D eigenvalue weighted by molar-refractivity contribution is 7.99. The first-order valence-electron chi connectivity index (χ1n) is 9.28. The predicted octanol–water partition coefficient (Wildman–Crippen LogP) is 2.13. The third-order valence-electron chi connectivity index (χ3n) is 4.77. The Bertz CT molecular complexity index is 999. The number of nitro benzene ring substituents is 1. The van der Waals surface area contributed by atoms with Crippen molar-refractivity contribution in [3.63, 3.8) is 0 Å². The van der Waals surface area contributed by atoms with Gasteiger partial charge >= 0.3 is 0 Å². The number of carbonyl (C=O) groups excluding carboxylic acids is 1. The summed E-state index contributed by atoms with van der Waals surface area (Å²) in [5.41, 5.74) is 1.00. The number of tetrazole rings is 1. The van der Waals surface area contributed by atoms with Crippen LogP contribution in [0.4, 0.5) is 11.4 Å². The number of thiophene rings is 1. The number of carbonyl (C=O) groups is 1. The van der Waals surface area contributed by atoms with Crippen molar-refractivity contribution in [1.29, 1.82) is 0 Å². The molecule has 0 spiro atoms. The Morgan fingerprint density at radius 2 is 1.93 bits per heavy atom. The summed E-state index contributed by atoms with van der Waals surface area (Å²) in [6.45, 7) is 3.18. The normalized spacial score (nSPS) is 14.1. The molecular weight excluding hydrogens is 426 g/mol. The number of amides is 1. The van der Waals surface area contributed by atoms with Gasteiger partial charge in [-0.25, -0.2) is 4.68 Å². The molecule has 1 fully saturated rings. The molecule has 12 heteroatoms. The lowest BCUT2D eigenvalue weighted by Gasteiger charge is -2.36. The zero-order chi connectivity index (χ0) is 20.9. The number of nitrogens with zero attached hydrogens (tertiary/aromatic N) is 7. The summed E-state index contributed by atoms with van der Waals surface area (Å²) < 4.78 is 1.70. The van der Waals surface area contributed by atoms with Gasteiger partial charge in [0.1, 0.15) is 0 Å². The molecule has 3 heterocycles. The summed E-state index contributed by atoms with van der Waals surface area (Å²) in [4.78, 5) is 28.1. The van der Waals surface area contributed by atoms with Crippen LogP contribution < -0.4 is 4.90 Å². The van der Waals surface area contributed by atoms with Crippen LogP contribution in [0, 0.1) is 10.1 Å². The zero-order valence-electron chi connectivity index (χ0n) is 16.0. The minimum Gasteiger partial charge on any atom is -0.368 e. The van der Waals surface area contributed by atoms with Gasteiger partial charge in [-0.2, -0.15) is 0 Å². The lowest BCUT2D eigenvalue weighted by atomic mass is 10.2. The highest BCUT2D eigenvalue weighted by atomic mass is 32.2. The molecule has 0 atom stereocenters. The Morgan fingerprint density at radius 3 is 2.60 bits per heavy atom. The number of thioether (sulfide) groups is 1. The van der Waals surface area contributed by atoms with Gasteiger partial charge in [0, 0.05) is 48.9 Å². The molecular formula is C18H19N7O3S2. The zero-order valence-corrected chi connectivity index (χ0v) is 17.6. The SMILES string of the molecule is O=C(CSc1nnnn1Cc1cccs1)N1CCN(c2ccc([N+](=O)[O-])cc2)CC1. The molecule has 1 amide bonds. The van der Waals surface area contributed by atoms with E-state index in [1.54, 1.807) is 28.2 Å². The highest BCUT2D eigenvalue weighted by Crippen LogP contribution is 2.22. The fraction of sp³-hybridized carbons (Fsp3) is 0.333. The van der Waals surface area contributed by atoms with Gasteiger partial charge in [-0.3, -0.25) is 14.9 Å². The van der Waals surface area contributed by atoms with Gasteiger partial charge in [0.05, 0.1) is 17.2 Å². The topological polar surface area (TPSA) is 110 Å². The number of piperazine rings is 1. The maximum absolute atomic E-state index is 12.6. The summed E-state index contributed by atoms with van der Waals surface area (Å²) in [5.74, 6) is 0.330. The van der Waals surface area contributed by atoms with Gasteiger partial charge in [0.2, 0.25) is 11.1 Å². The molecule has 0 saturated carbocycles. The van der Waals surface area contributed by atoms with E-state index in [0.717, 1.165) is 10.6 Å². The van der Waals surface area contributed by atoms with E-state index < -0.39 is 4.92 Å². The van der Waals surface area contributed by atoms with E-state index in [1.807, 2.05) is 22.4 Å². The number of benzene rings is 1. The number of hydrogen-bond donors (Lipinski definition) is 0. The van der Waals surface area contributed by atoms with Crippen LogP contribution in [0.15, 0.2) is 46.9 Å². The van der Waals surface area contributed by atoms with E-state index in [1.165, 1.54) is 23.9 Å². The van der Waals surface area contributed by atoms with Gasteiger partial charge in [-0.1, -0.05) is 17.8 Å². The number of rotatable bonds is 7. The van der Waals surface area contributed by atoms with Crippen molar-refractivity contribution in [2.75, 3.05) is 36.8 Å². The van der Waals surface area contributed by atoms with Crippen LogP contribution in [0.25, 0.3) is 0 Å². The molecule has 0 N–H and O–H groups in total. The van der Waals surface area contributed by atoms with Crippen LogP contribution >= 0.6 is 23.1 Å². The summed E-state index contributed by atoms with van der Waals surface area (Å²) in [5, 5.41) is 25.2. The van der Waals surface area contributed by atoms with Crippen LogP contribution in [0.3, 0.4) is 0 Å². The van der Waals surface area contributed by atoms with Gasteiger partial charge in [-0.15, -0.1) is 16.4 Å². The quantitative estimate of drug-likeness (QED) is 0.309. The predicted molar refractivity (Wildman–Crippen MR) is 114 cm³/mol. The Balaban J connectivity index is 1.27. The van der Waals surface area contributed by atoms with Crippen LogP contribution in [0.1, 0.15) is 4.88 Å². The first-order chi connectivity index (χ1) is 14.6. The number of non-ortho nitro benzene ring substituents is 1. The number of hydrogen-bond acceptors (Lipinski definition) is 9. The highest BCUT2D eigenvalue weighted by Gasteiger charge is 2.22. The first kappa shape index (κ1) is 20.3. The van der Waals surface area contributed by atoms with Crippen molar-refractivity contribution >= 4 is 40.4 Å². The van der Waals surface area contributed by atoms with E-state index in [2.05, 4.69) is 20.4 Å². The van der Waals surface area contributed by atoms with Crippen molar-refractivity contribution in [2.24, 2.45) is 0 Å². The standard InChI is InChI=1S/C18H19N7O3S2/c26-17(13-30-18-19-20-21-24(18)12-16-2-1-11-29-16)23-9-7-22(8-10-23)14-3-5-15(6-4-14)25(27)28/h1-6,11H,7-10,12-13H2. The Morgan fingerprint density at radius 1 is 1.17 bits per heavy atom. The van der Waals surface area contributed by atoms with Crippen LogP contribution in [0.2, 0.25) is 0 Å².